The minimum atomic E-state index is 0.639. The molecule has 2 heteroatoms. The van der Waals surface area contributed by atoms with Crippen molar-refractivity contribution in [3.8, 4) is 0 Å². The van der Waals surface area contributed by atoms with Gasteiger partial charge in [-0.15, -0.1) is 11.8 Å². The average Bonchev–Trinajstić information content (AvgIpc) is 2.04. The summed E-state index contributed by atoms with van der Waals surface area (Å²) < 4.78 is 0. The predicted molar refractivity (Wildman–Crippen MR) is 50.9 cm³/mol. The van der Waals surface area contributed by atoms with Crippen LogP contribution < -0.4 is 5.73 Å². The zero-order valence-electron chi connectivity index (χ0n) is 6.92. The van der Waals surface area contributed by atoms with Crippen LogP contribution in [0.4, 0.5) is 0 Å². The van der Waals surface area contributed by atoms with E-state index in [2.05, 4.69) is 31.4 Å². The van der Waals surface area contributed by atoms with Crippen molar-refractivity contribution in [3.05, 3.63) is 29.3 Å². The fraction of sp³-hybridized carbons (Fsp3) is 0.333. The molecule has 0 aliphatic carbocycles. The minimum Gasteiger partial charge on any atom is -0.326 e. The maximum atomic E-state index is 5.54. The van der Waals surface area contributed by atoms with Crippen LogP contribution in [0.25, 0.3) is 0 Å². The standard InChI is InChI=1S/C9H13NS/c1-7-5-9(11-2)4-3-8(7)6-10/h3-5H,6,10H2,1-2H3. The fourth-order valence-electron chi connectivity index (χ4n) is 1.02. The number of rotatable bonds is 2. The molecule has 1 aromatic carbocycles. The van der Waals surface area contributed by atoms with Crippen LogP contribution in [-0.2, 0) is 6.54 Å². The normalized spacial score (nSPS) is 10.1. The van der Waals surface area contributed by atoms with Crippen LogP contribution in [0.1, 0.15) is 11.1 Å². The fourth-order valence-corrected chi connectivity index (χ4v) is 1.52. The van der Waals surface area contributed by atoms with Gasteiger partial charge < -0.3 is 5.73 Å². The molecule has 0 spiro atoms. The first-order chi connectivity index (χ1) is 5.27. The molecule has 0 amide bonds. The average molecular weight is 167 g/mol. The molecule has 0 unspecified atom stereocenters. The Morgan fingerprint density at radius 2 is 2.18 bits per heavy atom. The lowest BCUT2D eigenvalue weighted by Gasteiger charge is -2.03. The van der Waals surface area contributed by atoms with Crippen molar-refractivity contribution >= 4 is 11.8 Å². The molecule has 1 aromatic rings. The van der Waals surface area contributed by atoms with Gasteiger partial charge in [-0.05, 0) is 36.4 Å². The van der Waals surface area contributed by atoms with E-state index in [1.165, 1.54) is 16.0 Å². The van der Waals surface area contributed by atoms with Crippen LogP contribution in [0, 0.1) is 6.92 Å². The van der Waals surface area contributed by atoms with E-state index in [9.17, 15) is 0 Å². The van der Waals surface area contributed by atoms with Crippen LogP contribution in [0.2, 0.25) is 0 Å². The number of hydrogen-bond acceptors (Lipinski definition) is 2. The van der Waals surface area contributed by atoms with E-state index in [-0.39, 0.29) is 0 Å². The smallest absolute Gasteiger partial charge is 0.0180 e. The summed E-state index contributed by atoms with van der Waals surface area (Å²) in [5.74, 6) is 0. The molecule has 0 saturated heterocycles. The molecule has 0 aromatic heterocycles. The number of thioether (sulfide) groups is 1. The van der Waals surface area contributed by atoms with Gasteiger partial charge in [-0.2, -0.15) is 0 Å². The predicted octanol–water partition coefficient (Wildman–Crippen LogP) is 2.18. The summed E-state index contributed by atoms with van der Waals surface area (Å²) in [6.45, 7) is 2.74. The van der Waals surface area contributed by atoms with Gasteiger partial charge in [0.05, 0.1) is 0 Å². The molecule has 11 heavy (non-hydrogen) atoms. The molecule has 0 atom stereocenters. The summed E-state index contributed by atoms with van der Waals surface area (Å²) >= 11 is 1.76. The molecule has 60 valence electrons. The van der Waals surface area contributed by atoms with Crippen molar-refractivity contribution in [2.45, 2.75) is 18.4 Å². The van der Waals surface area contributed by atoms with E-state index in [0.717, 1.165) is 0 Å². The first kappa shape index (κ1) is 8.62. The Bertz CT molecular complexity index is 245. The Morgan fingerprint density at radius 3 is 2.64 bits per heavy atom. The third-order valence-electron chi connectivity index (χ3n) is 1.77. The third-order valence-corrected chi connectivity index (χ3v) is 2.50. The molecule has 0 radical (unpaired) electrons. The summed E-state index contributed by atoms with van der Waals surface area (Å²) in [5.41, 5.74) is 8.07. The summed E-state index contributed by atoms with van der Waals surface area (Å²) in [6.07, 6.45) is 2.08. The van der Waals surface area contributed by atoms with Gasteiger partial charge in [0.2, 0.25) is 0 Å². The van der Waals surface area contributed by atoms with Crippen molar-refractivity contribution in [2.75, 3.05) is 6.26 Å². The van der Waals surface area contributed by atoms with Gasteiger partial charge in [-0.1, -0.05) is 6.07 Å². The number of hydrogen-bond donors (Lipinski definition) is 1. The molecule has 0 saturated carbocycles. The summed E-state index contributed by atoms with van der Waals surface area (Å²) in [7, 11) is 0. The Balaban J connectivity index is 2.99. The van der Waals surface area contributed by atoms with E-state index < -0.39 is 0 Å². The highest BCUT2D eigenvalue weighted by Crippen LogP contribution is 2.18. The monoisotopic (exact) mass is 167 g/mol. The zero-order valence-corrected chi connectivity index (χ0v) is 7.74. The van der Waals surface area contributed by atoms with Crippen molar-refractivity contribution < 1.29 is 0 Å². The zero-order chi connectivity index (χ0) is 8.27. The van der Waals surface area contributed by atoms with Gasteiger partial charge in [0.15, 0.2) is 0 Å². The molecule has 1 rings (SSSR count). The van der Waals surface area contributed by atoms with E-state index in [1.54, 1.807) is 11.8 Å². The lowest BCUT2D eigenvalue weighted by Crippen LogP contribution is -1.98. The summed E-state index contributed by atoms with van der Waals surface area (Å²) in [4.78, 5) is 1.31. The SMILES string of the molecule is CSc1ccc(CN)c(C)c1. The van der Waals surface area contributed by atoms with Gasteiger partial charge in [-0.3, -0.25) is 0 Å². The molecule has 0 aliphatic rings. The Hall–Kier alpha value is -0.470. The molecule has 0 heterocycles. The van der Waals surface area contributed by atoms with Crippen molar-refractivity contribution in [1.82, 2.24) is 0 Å². The molecule has 0 aliphatic heterocycles. The second kappa shape index (κ2) is 3.79. The van der Waals surface area contributed by atoms with E-state index in [4.69, 9.17) is 5.73 Å². The molecule has 0 bridgehead atoms. The number of benzene rings is 1. The summed E-state index contributed by atoms with van der Waals surface area (Å²) in [6, 6.07) is 6.38. The van der Waals surface area contributed by atoms with Crippen molar-refractivity contribution in [3.63, 3.8) is 0 Å². The molecular weight excluding hydrogens is 154 g/mol. The van der Waals surface area contributed by atoms with Crippen molar-refractivity contribution in [1.29, 1.82) is 0 Å². The molecule has 0 fully saturated rings. The highest BCUT2D eigenvalue weighted by molar-refractivity contribution is 7.98. The largest absolute Gasteiger partial charge is 0.326 e. The summed E-state index contributed by atoms with van der Waals surface area (Å²) in [5, 5.41) is 0. The highest BCUT2D eigenvalue weighted by atomic mass is 32.2. The Morgan fingerprint density at radius 1 is 1.45 bits per heavy atom. The lowest BCUT2D eigenvalue weighted by atomic mass is 10.1. The van der Waals surface area contributed by atoms with Gasteiger partial charge >= 0.3 is 0 Å². The Labute approximate surface area is 72.0 Å². The van der Waals surface area contributed by atoms with E-state index in [1.807, 2.05) is 0 Å². The van der Waals surface area contributed by atoms with Crippen molar-refractivity contribution in [2.24, 2.45) is 5.73 Å². The van der Waals surface area contributed by atoms with Gasteiger partial charge in [0.25, 0.3) is 0 Å². The quantitative estimate of drug-likeness (QED) is 0.683. The molecule has 1 nitrogen and oxygen atoms in total. The van der Waals surface area contributed by atoms with Gasteiger partial charge in [0, 0.05) is 11.4 Å². The number of aryl methyl sites for hydroxylation is 1. The van der Waals surface area contributed by atoms with Gasteiger partial charge in [0.1, 0.15) is 0 Å². The van der Waals surface area contributed by atoms with Crippen LogP contribution in [0.3, 0.4) is 0 Å². The molecule has 2 N–H and O–H groups in total. The highest BCUT2D eigenvalue weighted by Gasteiger charge is 1.96. The van der Waals surface area contributed by atoms with Crippen LogP contribution in [0.5, 0.6) is 0 Å². The maximum Gasteiger partial charge on any atom is 0.0180 e. The van der Waals surface area contributed by atoms with Gasteiger partial charge in [-0.25, -0.2) is 0 Å². The first-order valence-electron chi connectivity index (χ1n) is 3.61. The van der Waals surface area contributed by atoms with E-state index >= 15 is 0 Å². The second-order valence-electron chi connectivity index (χ2n) is 2.50. The second-order valence-corrected chi connectivity index (χ2v) is 3.38. The Kier molecular flexibility index (Phi) is 2.97. The number of nitrogens with two attached hydrogens (primary N) is 1. The van der Waals surface area contributed by atoms with E-state index in [0.29, 0.717) is 6.54 Å². The molecular formula is C9H13NS. The van der Waals surface area contributed by atoms with Crippen LogP contribution in [-0.4, -0.2) is 6.26 Å². The van der Waals surface area contributed by atoms with Crippen LogP contribution >= 0.6 is 11.8 Å². The van der Waals surface area contributed by atoms with Crippen LogP contribution in [0.15, 0.2) is 23.1 Å². The minimum absolute atomic E-state index is 0.639. The third kappa shape index (κ3) is 1.98. The topological polar surface area (TPSA) is 26.0 Å². The lowest BCUT2D eigenvalue weighted by molar-refractivity contribution is 1.04. The first-order valence-corrected chi connectivity index (χ1v) is 4.84. The maximum absolute atomic E-state index is 5.54.